The lowest BCUT2D eigenvalue weighted by Gasteiger charge is -2.12. The third-order valence-electron chi connectivity index (χ3n) is 4.69. The van der Waals surface area contributed by atoms with Gasteiger partial charge in [-0.2, -0.15) is 5.10 Å². The Bertz CT molecular complexity index is 1130. The highest BCUT2D eigenvalue weighted by atomic mass is 32.2. The molecule has 0 radical (unpaired) electrons. The Morgan fingerprint density at radius 2 is 1.81 bits per heavy atom. The number of nitrogens with one attached hydrogen (secondary N) is 3. The van der Waals surface area contributed by atoms with Gasteiger partial charge in [0, 0.05) is 17.2 Å². The molecule has 1 aromatic heterocycles. The Balaban J connectivity index is 1.60. The highest BCUT2D eigenvalue weighted by Crippen LogP contribution is 2.19. The summed E-state index contributed by atoms with van der Waals surface area (Å²) >= 11 is 0. The van der Waals surface area contributed by atoms with Gasteiger partial charge in [0.05, 0.1) is 18.6 Å². The smallest absolute Gasteiger partial charge is 0.251 e. The van der Waals surface area contributed by atoms with Crippen molar-refractivity contribution in [2.75, 3.05) is 7.11 Å². The van der Waals surface area contributed by atoms with Crippen LogP contribution in [-0.2, 0) is 16.6 Å². The summed E-state index contributed by atoms with van der Waals surface area (Å²) in [4.78, 5) is 16.9. The minimum absolute atomic E-state index is 0.115. The molecule has 0 aliphatic heterocycles. The standard InChI is InChI=1S/C21H25N5O4S/c1-4-14(2)26-31(28,29)18-11-7-16(8-12-18)21(27)22-13-19-23-20(25-24-19)15-5-9-17(30-3)10-6-15/h5-12,14,26H,4,13H2,1-3H3,(H,22,27)(H,23,24,25). The molecule has 0 saturated carbocycles. The van der Waals surface area contributed by atoms with E-state index in [0.29, 0.717) is 23.6 Å². The number of sulfonamides is 1. The van der Waals surface area contributed by atoms with Crippen LogP contribution in [0.1, 0.15) is 36.5 Å². The first-order chi connectivity index (χ1) is 14.8. The van der Waals surface area contributed by atoms with Gasteiger partial charge in [0.2, 0.25) is 10.0 Å². The van der Waals surface area contributed by atoms with Crippen LogP contribution < -0.4 is 14.8 Å². The van der Waals surface area contributed by atoms with Crippen molar-refractivity contribution in [3.05, 3.63) is 59.9 Å². The predicted molar refractivity (Wildman–Crippen MR) is 116 cm³/mol. The van der Waals surface area contributed by atoms with E-state index in [2.05, 4.69) is 25.2 Å². The largest absolute Gasteiger partial charge is 0.497 e. The van der Waals surface area contributed by atoms with Crippen LogP contribution in [0.2, 0.25) is 0 Å². The molecule has 0 fully saturated rings. The fourth-order valence-electron chi connectivity index (χ4n) is 2.71. The zero-order valence-electron chi connectivity index (χ0n) is 17.5. The first-order valence-electron chi connectivity index (χ1n) is 9.78. The van der Waals surface area contributed by atoms with Gasteiger partial charge >= 0.3 is 0 Å². The van der Waals surface area contributed by atoms with Crippen molar-refractivity contribution in [2.45, 2.75) is 37.8 Å². The molecule has 2 aromatic carbocycles. The summed E-state index contributed by atoms with van der Waals surface area (Å²) in [6, 6.07) is 12.9. The topological polar surface area (TPSA) is 126 Å². The minimum Gasteiger partial charge on any atom is -0.497 e. The van der Waals surface area contributed by atoms with Crippen LogP contribution in [0.5, 0.6) is 5.75 Å². The van der Waals surface area contributed by atoms with E-state index >= 15 is 0 Å². The van der Waals surface area contributed by atoms with Crippen molar-refractivity contribution < 1.29 is 17.9 Å². The number of aromatic nitrogens is 3. The number of amides is 1. The average molecular weight is 444 g/mol. The Morgan fingerprint density at radius 1 is 1.13 bits per heavy atom. The van der Waals surface area contributed by atoms with E-state index in [1.54, 1.807) is 14.0 Å². The first-order valence-corrected chi connectivity index (χ1v) is 11.3. The number of aromatic amines is 1. The molecule has 0 aliphatic rings. The number of hydrogen-bond donors (Lipinski definition) is 3. The van der Waals surface area contributed by atoms with Crippen molar-refractivity contribution in [3.63, 3.8) is 0 Å². The second-order valence-corrected chi connectivity index (χ2v) is 8.69. The van der Waals surface area contributed by atoms with Crippen molar-refractivity contribution in [1.82, 2.24) is 25.2 Å². The predicted octanol–water partition coefficient (Wildman–Crippen LogP) is 2.49. The van der Waals surface area contributed by atoms with Gasteiger partial charge in [-0.1, -0.05) is 6.92 Å². The zero-order chi connectivity index (χ0) is 22.4. The van der Waals surface area contributed by atoms with E-state index in [9.17, 15) is 13.2 Å². The van der Waals surface area contributed by atoms with Gasteiger partial charge in [0.25, 0.3) is 5.91 Å². The molecule has 0 saturated heterocycles. The van der Waals surface area contributed by atoms with Gasteiger partial charge in [0.15, 0.2) is 5.82 Å². The molecular weight excluding hydrogens is 418 g/mol. The summed E-state index contributed by atoms with van der Waals surface area (Å²) < 4.78 is 32.3. The summed E-state index contributed by atoms with van der Waals surface area (Å²) in [5, 5.41) is 9.70. The molecular formula is C21H25N5O4S. The molecule has 3 aromatic rings. The van der Waals surface area contributed by atoms with Crippen LogP contribution in [0.25, 0.3) is 11.4 Å². The molecule has 3 N–H and O–H groups in total. The Labute approximate surface area is 181 Å². The van der Waals surface area contributed by atoms with Crippen molar-refractivity contribution in [1.29, 1.82) is 0 Å². The molecule has 1 amide bonds. The van der Waals surface area contributed by atoms with E-state index in [-0.39, 0.29) is 23.4 Å². The molecule has 0 aliphatic carbocycles. The van der Waals surface area contributed by atoms with Crippen molar-refractivity contribution in [2.24, 2.45) is 0 Å². The quantitative estimate of drug-likeness (QED) is 0.466. The summed E-state index contributed by atoms with van der Waals surface area (Å²) in [5.74, 6) is 1.40. The second-order valence-electron chi connectivity index (χ2n) is 6.97. The Morgan fingerprint density at radius 3 is 2.42 bits per heavy atom. The van der Waals surface area contributed by atoms with Gasteiger partial charge in [-0.05, 0) is 61.9 Å². The van der Waals surface area contributed by atoms with Crippen LogP contribution >= 0.6 is 0 Å². The third kappa shape index (κ3) is 5.68. The van der Waals surface area contributed by atoms with E-state index in [4.69, 9.17) is 4.74 Å². The van der Waals surface area contributed by atoms with E-state index in [0.717, 1.165) is 11.3 Å². The number of carbonyl (C=O) groups excluding carboxylic acids is 1. The molecule has 0 bridgehead atoms. The number of H-pyrrole nitrogens is 1. The fraction of sp³-hybridized carbons (Fsp3) is 0.286. The number of nitrogens with zero attached hydrogens (tertiary/aromatic N) is 2. The number of rotatable bonds is 9. The van der Waals surface area contributed by atoms with Gasteiger partial charge in [-0.3, -0.25) is 9.89 Å². The lowest BCUT2D eigenvalue weighted by molar-refractivity contribution is 0.0950. The third-order valence-corrected chi connectivity index (χ3v) is 6.30. The normalized spacial score (nSPS) is 12.4. The average Bonchev–Trinajstić information content (AvgIpc) is 3.26. The fourth-order valence-corrected chi connectivity index (χ4v) is 4.04. The van der Waals surface area contributed by atoms with E-state index < -0.39 is 10.0 Å². The van der Waals surface area contributed by atoms with E-state index in [1.807, 2.05) is 31.2 Å². The number of methoxy groups -OCH3 is 1. The first kappa shape index (κ1) is 22.4. The maximum Gasteiger partial charge on any atom is 0.251 e. The molecule has 9 nitrogen and oxygen atoms in total. The molecule has 1 heterocycles. The number of carbonyl (C=O) groups is 1. The minimum atomic E-state index is -3.61. The van der Waals surface area contributed by atoms with Crippen LogP contribution in [-0.4, -0.2) is 42.7 Å². The lowest BCUT2D eigenvalue weighted by atomic mass is 10.2. The zero-order valence-corrected chi connectivity index (χ0v) is 18.4. The van der Waals surface area contributed by atoms with Crippen LogP contribution in [0.3, 0.4) is 0 Å². The maximum absolute atomic E-state index is 12.4. The van der Waals surface area contributed by atoms with Gasteiger partial charge in [-0.15, -0.1) is 0 Å². The highest BCUT2D eigenvalue weighted by Gasteiger charge is 2.17. The second kappa shape index (κ2) is 9.71. The summed E-state index contributed by atoms with van der Waals surface area (Å²) in [6.07, 6.45) is 0.682. The number of ether oxygens (including phenoxy) is 1. The molecule has 0 spiro atoms. The summed E-state index contributed by atoms with van der Waals surface area (Å²) in [6.45, 7) is 3.84. The maximum atomic E-state index is 12.4. The van der Waals surface area contributed by atoms with Crippen LogP contribution in [0.15, 0.2) is 53.4 Å². The highest BCUT2D eigenvalue weighted by molar-refractivity contribution is 7.89. The Kier molecular flexibility index (Phi) is 7.03. The van der Waals surface area contributed by atoms with Gasteiger partial charge in [0.1, 0.15) is 11.6 Å². The van der Waals surface area contributed by atoms with Gasteiger partial charge < -0.3 is 10.1 Å². The van der Waals surface area contributed by atoms with Crippen molar-refractivity contribution >= 4 is 15.9 Å². The molecule has 1 atom stereocenters. The Hall–Kier alpha value is -3.24. The van der Waals surface area contributed by atoms with Gasteiger partial charge in [-0.25, -0.2) is 18.1 Å². The molecule has 3 rings (SSSR count). The summed E-state index contributed by atoms with van der Waals surface area (Å²) in [7, 11) is -2.01. The summed E-state index contributed by atoms with van der Waals surface area (Å²) in [5.41, 5.74) is 1.16. The lowest BCUT2D eigenvalue weighted by Crippen LogP contribution is -2.32. The monoisotopic (exact) mass is 443 g/mol. The number of benzene rings is 2. The molecule has 1 unspecified atom stereocenters. The molecule has 164 valence electrons. The van der Waals surface area contributed by atoms with Crippen molar-refractivity contribution in [3.8, 4) is 17.1 Å². The SMILES string of the molecule is CCC(C)NS(=O)(=O)c1ccc(C(=O)NCc2nc(-c3ccc(OC)cc3)n[nH]2)cc1. The molecule has 10 heteroatoms. The molecule has 31 heavy (non-hydrogen) atoms. The van der Waals surface area contributed by atoms with Crippen LogP contribution in [0, 0.1) is 0 Å². The van der Waals surface area contributed by atoms with Crippen LogP contribution in [0.4, 0.5) is 0 Å². The number of hydrogen-bond acceptors (Lipinski definition) is 6. The van der Waals surface area contributed by atoms with E-state index in [1.165, 1.54) is 24.3 Å².